The van der Waals surface area contributed by atoms with Crippen LogP contribution in [0.2, 0.25) is 0 Å². The molecular formula is C12H23NO7S2. The molecule has 10 heteroatoms. The van der Waals surface area contributed by atoms with Crippen LogP contribution in [0.3, 0.4) is 0 Å². The van der Waals surface area contributed by atoms with E-state index in [1.807, 2.05) is 0 Å². The van der Waals surface area contributed by atoms with Gasteiger partial charge < -0.3 is 0 Å². The van der Waals surface area contributed by atoms with Crippen LogP contribution in [0.25, 0.3) is 0 Å². The third-order valence-electron chi connectivity index (χ3n) is 3.79. The van der Waals surface area contributed by atoms with Gasteiger partial charge in [-0.25, -0.2) is 13.1 Å². The largest absolute Gasteiger partial charge is 0.399 e. The molecule has 0 aromatic heterocycles. The fourth-order valence-electron chi connectivity index (χ4n) is 2.45. The van der Waals surface area contributed by atoms with E-state index in [1.54, 1.807) is 0 Å². The van der Waals surface area contributed by atoms with Crippen LogP contribution in [-0.4, -0.2) is 39.1 Å². The zero-order chi connectivity index (χ0) is 16.1. The molecule has 0 aromatic carbocycles. The standard InChI is InChI=1S/C12H23NO7S2/c13-21(14)17-7-11(8-18-21)5-3-1-2-4-6-12-9-19-22(15,16)20-10-12/h11-13H,1-10H2. The van der Waals surface area contributed by atoms with E-state index >= 15 is 0 Å². The van der Waals surface area contributed by atoms with E-state index in [1.165, 1.54) is 0 Å². The normalized spacial score (nSPS) is 32.8. The van der Waals surface area contributed by atoms with E-state index < -0.39 is 20.7 Å². The molecule has 2 fully saturated rings. The molecule has 2 aliphatic rings. The van der Waals surface area contributed by atoms with Gasteiger partial charge in [-0.05, 0) is 12.8 Å². The van der Waals surface area contributed by atoms with Crippen LogP contribution in [0.15, 0.2) is 0 Å². The third-order valence-corrected chi connectivity index (χ3v) is 5.53. The van der Waals surface area contributed by atoms with Gasteiger partial charge in [-0.15, -0.1) is 0 Å². The Labute approximate surface area is 132 Å². The average Bonchev–Trinajstić information content (AvgIpc) is 2.46. The van der Waals surface area contributed by atoms with Crippen LogP contribution in [0, 0.1) is 16.6 Å². The molecule has 0 aliphatic carbocycles. The molecule has 0 radical (unpaired) electrons. The lowest BCUT2D eigenvalue weighted by molar-refractivity contribution is 0.0959. The maximum Gasteiger partial charge on any atom is 0.399 e. The lowest BCUT2D eigenvalue weighted by Crippen LogP contribution is -2.28. The highest BCUT2D eigenvalue weighted by atomic mass is 32.3. The number of rotatable bonds is 7. The topological polar surface area (TPSA) is 112 Å². The van der Waals surface area contributed by atoms with Crippen molar-refractivity contribution in [3.8, 4) is 0 Å². The van der Waals surface area contributed by atoms with Crippen molar-refractivity contribution in [1.82, 2.24) is 0 Å². The maximum atomic E-state index is 11.1. The molecule has 2 saturated heterocycles. The van der Waals surface area contributed by atoms with E-state index in [0.29, 0.717) is 13.2 Å². The average molecular weight is 357 g/mol. The Morgan fingerprint density at radius 2 is 1.14 bits per heavy atom. The van der Waals surface area contributed by atoms with Crippen molar-refractivity contribution >= 4 is 20.7 Å². The lowest BCUT2D eigenvalue weighted by Gasteiger charge is -2.23. The highest BCUT2D eigenvalue weighted by Gasteiger charge is 2.25. The van der Waals surface area contributed by atoms with E-state index in [2.05, 4.69) is 8.37 Å². The summed E-state index contributed by atoms with van der Waals surface area (Å²) in [5, 5.41) is 0. The Morgan fingerprint density at radius 1 is 0.727 bits per heavy atom. The molecule has 8 nitrogen and oxygen atoms in total. The highest BCUT2D eigenvalue weighted by Crippen LogP contribution is 2.21. The monoisotopic (exact) mass is 357 g/mol. The number of nitrogens with one attached hydrogen (secondary N) is 1. The molecule has 0 spiro atoms. The smallest absolute Gasteiger partial charge is 0.264 e. The summed E-state index contributed by atoms with van der Waals surface area (Å²) in [5.41, 5.74) is 0. The molecule has 2 heterocycles. The van der Waals surface area contributed by atoms with Gasteiger partial charge in [0.05, 0.1) is 26.4 Å². The molecule has 2 rings (SSSR count). The van der Waals surface area contributed by atoms with Crippen LogP contribution >= 0.6 is 0 Å². The van der Waals surface area contributed by atoms with Crippen molar-refractivity contribution in [3.05, 3.63) is 0 Å². The zero-order valence-electron chi connectivity index (χ0n) is 12.4. The maximum absolute atomic E-state index is 11.1. The fourth-order valence-corrected chi connectivity index (χ4v) is 4.05. The number of hydrogen-bond acceptors (Lipinski definition) is 8. The van der Waals surface area contributed by atoms with Gasteiger partial charge in [0.25, 0.3) is 10.3 Å². The second-order valence-electron chi connectivity index (χ2n) is 5.72. The van der Waals surface area contributed by atoms with Crippen molar-refractivity contribution in [1.29, 1.82) is 4.78 Å². The fraction of sp³-hybridized carbons (Fsp3) is 1.00. The number of hydrogen-bond donors (Lipinski definition) is 1. The minimum absolute atomic E-state index is 0.147. The van der Waals surface area contributed by atoms with Crippen LogP contribution < -0.4 is 0 Å². The summed E-state index contributed by atoms with van der Waals surface area (Å²) in [5.74, 6) is 0.360. The van der Waals surface area contributed by atoms with E-state index in [9.17, 15) is 12.6 Å². The molecule has 22 heavy (non-hydrogen) atoms. The first-order valence-electron chi connectivity index (χ1n) is 7.47. The minimum atomic E-state index is -3.73. The van der Waals surface area contributed by atoms with Gasteiger partial charge in [0.1, 0.15) is 0 Å². The van der Waals surface area contributed by atoms with Crippen molar-refractivity contribution in [2.45, 2.75) is 38.5 Å². The van der Waals surface area contributed by atoms with Crippen LogP contribution in [0.1, 0.15) is 38.5 Å². The SMILES string of the molecule is N=S1(=O)OCC(CCCCCCC2COS(=O)(=O)OC2)CO1. The Bertz CT molecular complexity index is 468. The summed E-state index contributed by atoms with van der Waals surface area (Å²) in [7, 11) is -6.98. The van der Waals surface area contributed by atoms with E-state index in [0.717, 1.165) is 38.5 Å². The van der Waals surface area contributed by atoms with Crippen molar-refractivity contribution in [2.75, 3.05) is 26.4 Å². The van der Waals surface area contributed by atoms with Gasteiger partial charge in [-0.1, -0.05) is 25.7 Å². The Balaban J connectivity index is 1.47. The number of unbranched alkanes of at least 4 members (excludes halogenated alkanes) is 3. The summed E-state index contributed by atoms with van der Waals surface area (Å²) in [6.07, 6.45) is 6.00. The molecule has 130 valence electrons. The van der Waals surface area contributed by atoms with E-state index in [4.69, 9.17) is 13.1 Å². The van der Waals surface area contributed by atoms with E-state index in [-0.39, 0.29) is 25.0 Å². The minimum Gasteiger partial charge on any atom is -0.264 e. The van der Waals surface area contributed by atoms with Gasteiger partial charge in [0.2, 0.25) is 0 Å². The second kappa shape index (κ2) is 8.02. The molecular weight excluding hydrogens is 334 g/mol. The summed E-state index contributed by atoms with van der Waals surface area (Å²) >= 11 is 0. The van der Waals surface area contributed by atoms with Gasteiger partial charge in [0, 0.05) is 11.8 Å². The first kappa shape index (κ1) is 18.1. The zero-order valence-corrected chi connectivity index (χ0v) is 14.0. The van der Waals surface area contributed by atoms with Crippen LogP contribution in [0.4, 0.5) is 0 Å². The molecule has 2 aliphatic heterocycles. The summed E-state index contributed by atoms with van der Waals surface area (Å²) in [6, 6.07) is 0. The molecule has 0 amide bonds. The first-order valence-corrected chi connectivity index (χ1v) is 10.2. The predicted molar refractivity (Wildman–Crippen MR) is 78.3 cm³/mol. The summed E-state index contributed by atoms with van der Waals surface area (Å²) in [4.78, 5) is 0. The van der Waals surface area contributed by atoms with Gasteiger partial charge in [0.15, 0.2) is 0 Å². The van der Waals surface area contributed by atoms with Crippen molar-refractivity contribution in [2.24, 2.45) is 11.8 Å². The summed E-state index contributed by atoms with van der Waals surface area (Å²) in [6.45, 7) is 1.08. The van der Waals surface area contributed by atoms with Crippen LogP contribution in [0.5, 0.6) is 0 Å². The van der Waals surface area contributed by atoms with Gasteiger partial charge in [-0.2, -0.15) is 12.6 Å². The Morgan fingerprint density at radius 3 is 1.59 bits per heavy atom. The van der Waals surface area contributed by atoms with Crippen LogP contribution in [-0.2, 0) is 37.4 Å². The molecule has 0 saturated carbocycles. The Hall–Kier alpha value is -0.260. The predicted octanol–water partition coefficient (Wildman–Crippen LogP) is 1.77. The lowest BCUT2D eigenvalue weighted by atomic mass is 9.99. The molecule has 0 unspecified atom stereocenters. The second-order valence-corrected chi connectivity index (χ2v) is 8.39. The Kier molecular flexibility index (Phi) is 6.59. The quantitative estimate of drug-likeness (QED) is 0.691. The van der Waals surface area contributed by atoms with Crippen molar-refractivity contribution < 1.29 is 29.4 Å². The third kappa shape index (κ3) is 6.47. The molecule has 1 N–H and O–H groups in total. The first-order chi connectivity index (χ1) is 10.4. The molecule has 0 aromatic rings. The molecule has 0 atom stereocenters. The van der Waals surface area contributed by atoms with Gasteiger partial charge >= 0.3 is 10.4 Å². The molecule has 0 bridgehead atoms. The van der Waals surface area contributed by atoms with Gasteiger partial charge in [-0.3, -0.25) is 8.37 Å². The highest BCUT2D eigenvalue weighted by molar-refractivity contribution is 7.83. The summed E-state index contributed by atoms with van der Waals surface area (Å²) < 4.78 is 59.0. The van der Waals surface area contributed by atoms with Crippen molar-refractivity contribution in [3.63, 3.8) is 0 Å².